The number of esters is 2. The number of ether oxygens (including phenoxy) is 6. The van der Waals surface area contributed by atoms with Crippen LogP contribution in [0.25, 0.3) is 0 Å². The van der Waals surface area contributed by atoms with Gasteiger partial charge in [-0.3, -0.25) is 9.59 Å². The third kappa shape index (κ3) is 9.63. The molecular formula is C39H59N3O11. The predicted molar refractivity (Wildman–Crippen MR) is 194 cm³/mol. The number of alkyl carbamates (subject to hydrolysis) is 1. The maximum Gasteiger partial charge on any atom is 0.408 e. The molecule has 4 rings (SSSR count). The summed E-state index contributed by atoms with van der Waals surface area (Å²) >= 11 is 0. The first kappa shape index (κ1) is 42.3. The molecule has 14 nitrogen and oxygen atoms in total. The molecule has 3 heterocycles. The highest BCUT2D eigenvalue weighted by Crippen LogP contribution is 2.38. The molecule has 0 aromatic heterocycles. The summed E-state index contributed by atoms with van der Waals surface area (Å²) in [5.41, 5.74) is -2.15. The van der Waals surface area contributed by atoms with Crippen molar-refractivity contribution in [2.45, 2.75) is 135 Å². The Balaban J connectivity index is 1.78. The SMILES string of the molecule is CC[C@H]1OC(=O)[C@H](C)C(=O)[C@H](C)[C@@H](OC2OC(C)CC(N(C)C)C2OC(=O)c2ccccc2)[C@](C)(OCC=O)C[C@@H](C)CN[C@H](C)[C@H]2NC(=O)O[C@@]21C. The molecule has 0 saturated carbocycles. The van der Waals surface area contributed by atoms with E-state index in [4.69, 9.17) is 28.4 Å². The van der Waals surface area contributed by atoms with Crippen molar-refractivity contribution in [1.82, 2.24) is 15.5 Å². The number of fused-ring (bicyclic) bond motifs is 1. The number of aldehydes is 1. The lowest BCUT2D eigenvalue weighted by Gasteiger charge is -2.47. The fourth-order valence-corrected chi connectivity index (χ4v) is 8.18. The molecule has 1 amide bonds. The molecule has 53 heavy (non-hydrogen) atoms. The number of cyclic esters (lactones) is 1. The third-order valence-corrected chi connectivity index (χ3v) is 11.1. The fourth-order valence-electron chi connectivity index (χ4n) is 8.18. The topological polar surface area (TPSA) is 168 Å². The molecule has 0 spiro atoms. The van der Waals surface area contributed by atoms with E-state index < -0.39 is 77.5 Å². The lowest BCUT2D eigenvalue weighted by Crippen LogP contribution is -2.60. The van der Waals surface area contributed by atoms with Crippen molar-refractivity contribution in [3.8, 4) is 0 Å². The van der Waals surface area contributed by atoms with E-state index in [-0.39, 0.29) is 30.7 Å². The van der Waals surface area contributed by atoms with Gasteiger partial charge in [-0.1, -0.05) is 39.0 Å². The Morgan fingerprint density at radius 1 is 1.06 bits per heavy atom. The first-order valence-electron chi connectivity index (χ1n) is 18.7. The van der Waals surface area contributed by atoms with Gasteiger partial charge in [0.15, 0.2) is 23.8 Å². The minimum Gasteiger partial charge on any atom is -0.458 e. The van der Waals surface area contributed by atoms with Crippen LogP contribution in [0.5, 0.6) is 0 Å². The number of amides is 1. The Morgan fingerprint density at radius 3 is 2.36 bits per heavy atom. The van der Waals surface area contributed by atoms with Gasteiger partial charge in [0.1, 0.15) is 24.9 Å². The molecule has 3 aliphatic rings. The van der Waals surface area contributed by atoms with Crippen molar-refractivity contribution >= 4 is 30.1 Å². The molecular weight excluding hydrogens is 686 g/mol. The predicted octanol–water partition coefficient (Wildman–Crippen LogP) is 3.68. The van der Waals surface area contributed by atoms with Gasteiger partial charge in [0.2, 0.25) is 0 Å². The van der Waals surface area contributed by atoms with Gasteiger partial charge in [-0.15, -0.1) is 0 Å². The highest BCUT2D eigenvalue weighted by Gasteiger charge is 2.55. The van der Waals surface area contributed by atoms with Crippen LogP contribution in [0.2, 0.25) is 0 Å². The van der Waals surface area contributed by atoms with E-state index in [1.165, 1.54) is 6.92 Å². The van der Waals surface area contributed by atoms with Crippen LogP contribution in [0, 0.1) is 17.8 Å². The van der Waals surface area contributed by atoms with E-state index >= 15 is 0 Å². The van der Waals surface area contributed by atoms with Gasteiger partial charge >= 0.3 is 18.0 Å². The first-order chi connectivity index (χ1) is 24.9. The molecule has 2 N–H and O–H groups in total. The number of rotatable bonds is 9. The smallest absolute Gasteiger partial charge is 0.408 e. The zero-order chi connectivity index (χ0) is 39.2. The van der Waals surface area contributed by atoms with E-state index in [0.717, 1.165) is 0 Å². The zero-order valence-electron chi connectivity index (χ0n) is 32.8. The van der Waals surface area contributed by atoms with Crippen LogP contribution in [0.1, 0.15) is 85.0 Å². The molecule has 0 aliphatic carbocycles. The number of nitrogens with zero attached hydrogens (tertiary/aromatic N) is 1. The number of hydrogen-bond donors (Lipinski definition) is 2. The maximum atomic E-state index is 14.4. The molecule has 0 radical (unpaired) electrons. The van der Waals surface area contributed by atoms with Crippen LogP contribution in [0.3, 0.4) is 0 Å². The second kappa shape index (κ2) is 17.8. The number of hydrogen-bond acceptors (Lipinski definition) is 13. The standard InChI is InChI=1S/C39H59N3O11/c1-11-29-39(8)32(41-37(47)53-39)26(6)40-21-22(2)20-38(7,48-18-17-43)33(24(4)30(44)25(5)34(45)50-29)52-36-31(28(42(9)10)19-23(3)49-36)51-35(46)27-15-13-12-14-16-27/h12-17,22-26,28-29,31-33,36,40H,11,18-21H2,1-10H3,(H,41,47)/t22-,23?,24+,25-,26-,28?,29-,31?,32-,33-,36?,38-,39-/m1/s1. The van der Waals surface area contributed by atoms with Gasteiger partial charge in [0, 0.05) is 12.0 Å². The number of carbonyl (C=O) groups is 5. The van der Waals surface area contributed by atoms with E-state index in [1.54, 1.807) is 51.1 Å². The monoisotopic (exact) mass is 745 g/mol. The average molecular weight is 746 g/mol. The summed E-state index contributed by atoms with van der Waals surface area (Å²) in [6.07, 6.45) is -3.17. The van der Waals surface area contributed by atoms with Gasteiger partial charge in [-0.25, -0.2) is 9.59 Å². The third-order valence-electron chi connectivity index (χ3n) is 11.1. The summed E-state index contributed by atoms with van der Waals surface area (Å²) in [7, 11) is 3.77. The highest BCUT2D eigenvalue weighted by molar-refractivity contribution is 6.00. The largest absolute Gasteiger partial charge is 0.458 e. The molecule has 1 aromatic carbocycles. The van der Waals surface area contributed by atoms with Crippen LogP contribution in [-0.2, 0) is 42.8 Å². The number of benzene rings is 1. The summed E-state index contributed by atoms with van der Waals surface area (Å²) < 4.78 is 37.5. The summed E-state index contributed by atoms with van der Waals surface area (Å²) in [6.45, 7) is 14.4. The van der Waals surface area contributed by atoms with E-state index in [1.807, 2.05) is 46.7 Å². The Hall–Kier alpha value is -3.43. The summed E-state index contributed by atoms with van der Waals surface area (Å²) in [4.78, 5) is 68.0. The van der Waals surface area contributed by atoms with Crippen molar-refractivity contribution in [2.75, 3.05) is 27.2 Å². The van der Waals surface area contributed by atoms with Crippen LogP contribution < -0.4 is 10.6 Å². The van der Waals surface area contributed by atoms with E-state index in [0.29, 0.717) is 37.7 Å². The van der Waals surface area contributed by atoms with Crippen molar-refractivity contribution in [3.63, 3.8) is 0 Å². The fraction of sp³-hybridized carbons (Fsp3) is 0.718. The summed E-state index contributed by atoms with van der Waals surface area (Å²) in [5.74, 6) is -4.20. The Morgan fingerprint density at radius 2 is 1.74 bits per heavy atom. The number of likely N-dealkylation sites (N-methyl/N-ethyl adjacent to an activating group) is 1. The minimum absolute atomic E-state index is 0.124. The Bertz CT molecular complexity index is 1440. The van der Waals surface area contributed by atoms with Gasteiger partial charge < -0.3 is 48.7 Å². The zero-order valence-corrected chi connectivity index (χ0v) is 32.8. The normalized spacial score (nSPS) is 38.8. The van der Waals surface area contributed by atoms with Crippen molar-refractivity contribution in [3.05, 3.63) is 35.9 Å². The number of nitrogens with one attached hydrogen (secondary N) is 2. The van der Waals surface area contributed by atoms with Crippen LogP contribution in [-0.4, -0.2) is 122 Å². The van der Waals surface area contributed by atoms with Gasteiger partial charge in [-0.05, 0) is 92.6 Å². The minimum atomic E-state index is -1.29. The molecule has 3 aliphatic heterocycles. The van der Waals surface area contributed by atoms with Crippen LogP contribution in [0.4, 0.5) is 4.79 Å². The number of ketones is 1. The quantitative estimate of drug-likeness (QED) is 0.163. The molecule has 14 heteroatoms. The van der Waals surface area contributed by atoms with Crippen molar-refractivity contribution in [2.24, 2.45) is 17.8 Å². The average Bonchev–Trinajstić information content (AvgIpc) is 3.44. The molecule has 0 bridgehead atoms. The molecule has 4 unspecified atom stereocenters. The van der Waals surface area contributed by atoms with Gasteiger partial charge in [0.25, 0.3) is 0 Å². The second-order valence-electron chi connectivity index (χ2n) is 15.6. The van der Waals surface area contributed by atoms with Gasteiger partial charge in [-0.2, -0.15) is 0 Å². The second-order valence-corrected chi connectivity index (χ2v) is 15.6. The number of carbonyl (C=O) groups excluding carboxylic acids is 5. The molecule has 3 saturated heterocycles. The highest BCUT2D eigenvalue weighted by atomic mass is 16.7. The molecule has 13 atom stereocenters. The molecule has 3 fully saturated rings. The van der Waals surface area contributed by atoms with Crippen molar-refractivity contribution < 1.29 is 52.4 Å². The van der Waals surface area contributed by atoms with E-state index in [9.17, 15) is 24.0 Å². The molecule has 296 valence electrons. The van der Waals surface area contributed by atoms with Gasteiger partial charge in [0.05, 0.1) is 35.5 Å². The van der Waals surface area contributed by atoms with Crippen LogP contribution in [0.15, 0.2) is 30.3 Å². The summed E-state index contributed by atoms with van der Waals surface area (Å²) in [6, 6.07) is 7.41. The van der Waals surface area contributed by atoms with Crippen LogP contribution >= 0.6 is 0 Å². The molecule has 1 aromatic rings. The Kier molecular flexibility index (Phi) is 14.2. The summed E-state index contributed by atoms with van der Waals surface area (Å²) in [5, 5.41) is 6.39. The lowest BCUT2D eigenvalue weighted by atomic mass is 9.78. The van der Waals surface area contributed by atoms with Crippen molar-refractivity contribution in [1.29, 1.82) is 0 Å². The maximum absolute atomic E-state index is 14.4. The lowest BCUT2D eigenvalue weighted by molar-refractivity contribution is -0.296. The first-order valence-corrected chi connectivity index (χ1v) is 18.7. The number of Topliss-reactive ketones (excluding diaryl/α,β-unsaturated/α-hetero) is 1. The van der Waals surface area contributed by atoms with E-state index in [2.05, 4.69) is 10.6 Å². The Labute approximate surface area is 313 Å².